The minimum absolute atomic E-state index is 0.0728. The van der Waals surface area contributed by atoms with Crippen molar-refractivity contribution < 1.29 is 9.59 Å². The molecule has 0 atom stereocenters. The summed E-state index contributed by atoms with van der Waals surface area (Å²) in [4.78, 5) is 27.0. The largest absolute Gasteiger partial charge is 0.302 e. The van der Waals surface area contributed by atoms with Crippen LogP contribution >= 0.6 is 11.3 Å². The first kappa shape index (κ1) is 14.9. The van der Waals surface area contributed by atoms with E-state index >= 15 is 0 Å². The first-order valence-electron chi connectivity index (χ1n) is 6.30. The van der Waals surface area contributed by atoms with Gasteiger partial charge in [-0.1, -0.05) is 30.3 Å². The molecule has 0 saturated heterocycles. The van der Waals surface area contributed by atoms with E-state index in [1.54, 1.807) is 17.8 Å². The molecule has 2 rings (SSSR count). The second kappa shape index (κ2) is 7.91. The molecule has 2 aromatic rings. The number of carbonyl (C=O) groups excluding carboxylic acids is 2. The molecule has 1 heterocycles. The van der Waals surface area contributed by atoms with Crippen LogP contribution in [0, 0.1) is 0 Å². The van der Waals surface area contributed by atoms with Gasteiger partial charge in [-0.25, -0.2) is 10.4 Å². The highest BCUT2D eigenvalue weighted by molar-refractivity contribution is 7.13. The van der Waals surface area contributed by atoms with Crippen molar-refractivity contribution in [3.05, 3.63) is 47.5 Å². The Balaban J connectivity index is 1.68. The Morgan fingerprint density at radius 1 is 1.19 bits per heavy atom. The first-order chi connectivity index (χ1) is 10.2. The van der Waals surface area contributed by atoms with Gasteiger partial charge in [0.1, 0.15) is 0 Å². The maximum atomic E-state index is 11.5. The molecule has 2 amide bonds. The fourth-order valence-corrected chi connectivity index (χ4v) is 2.01. The molecule has 0 fully saturated rings. The van der Waals surface area contributed by atoms with Crippen LogP contribution in [0.15, 0.2) is 47.0 Å². The fourth-order valence-electron chi connectivity index (χ4n) is 1.47. The zero-order valence-corrected chi connectivity index (χ0v) is 12.0. The standard InChI is InChI=1S/C14H14N4O2S/c19-12(17-14-15-8-9-21-14)6-7-13(20)18-16-10-11-4-2-1-3-5-11/h1-5,8-10H,6-7H2,(H,18,20)(H,15,17,19)/b16-10+. The smallest absolute Gasteiger partial charge is 0.240 e. The number of benzene rings is 1. The van der Waals surface area contributed by atoms with Gasteiger partial charge < -0.3 is 5.32 Å². The van der Waals surface area contributed by atoms with Crippen molar-refractivity contribution in [1.82, 2.24) is 10.4 Å². The Morgan fingerprint density at radius 3 is 2.67 bits per heavy atom. The Labute approximate surface area is 125 Å². The molecular formula is C14H14N4O2S. The molecule has 1 aromatic carbocycles. The topological polar surface area (TPSA) is 83.5 Å². The second-order valence-electron chi connectivity index (χ2n) is 4.09. The molecule has 0 aliphatic carbocycles. The molecule has 2 N–H and O–H groups in total. The quantitative estimate of drug-likeness (QED) is 0.632. The van der Waals surface area contributed by atoms with Crippen molar-refractivity contribution in [3.8, 4) is 0 Å². The van der Waals surface area contributed by atoms with Crippen LogP contribution in [0.2, 0.25) is 0 Å². The lowest BCUT2D eigenvalue weighted by Crippen LogP contribution is -2.20. The molecule has 108 valence electrons. The lowest BCUT2D eigenvalue weighted by Gasteiger charge is -2.01. The van der Waals surface area contributed by atoms with Crippen LogP contribution < -0.4 is 10.7 Å². The van der Waals surface area contributed by atoms with Gasteiger partial charge in [0.25, 0.3) is 0 Å². The predicted molar refractivity (Wildman–Crippen MR) is 82.2 cm³/mol. The number of amides is 2. The van der Waals surface area contributed by atoms with Crippen molar-refractivity contribution in [2.24, 2.45) is 5.10 Å². The monoisotopic (exact) mass is 302 g/mol. The van der Waals surface area contributed by atoms with Gasteiger partial charge in [0, 0.05) is 24.4 Å². The summed E-state index contributed by atoms with van der Waals surface area (Å²) < 4.78 is 0. The van der Waals surface area contributed by atoms with Gasteiger partial charge in [0.2, 0.25) is 11.8 Å². The normalized spacial score (nSPS) is 10.5. The number of thiazole rings is 1. The van der Waals surface area contributed by atoms with Crippen LogP contribution in [-0.2, 0) is 9.59 Å². The number of carbonyl (C=O) groups is 2. The summed E-state index contributed by atoms with van der Waals surface area (Å²) in [5.41, 5.74) is 3.27. The number of hydrogen-bond donors (Lipinski definition) is 2. The maximum Gasteiger partial charge on any atom is 0.240 e. The highest BCUT2D eigenvalue weighted by Gasteiger charge is 2.07. The minimum atomic E-state index is -0.309. The summed E-state index contributed by atoms with van der Waals surface area (Å²) in [5.74, 6) is -0.552. The Morgan fingerprint density at radius 2 is 1.95 bits per heavy atom. The zero-order valence-electron chi connectivity index (χ0n) is 11.2. The summed E-state index contributed by atoms with van der Waals surface area (Å²) in [7, 11) is 0. The number of rotatable bonds is 6. The second-order valence-corrected chi connectivity index (χ2v) is 4.98. The van der Waals surface area contributed by atoms with Crippen LogP contribution in [0.1, 0.15) is 18.4 Å². The van der Waals surface area contributed by atoms with E-state index in [1.807, 2.05) is 30.3 Å². The molecule has 0 spiro atoms. The fraction of sp³-hybridized carbons (Fsp3) is 0.143. The lowest BCUT2D eigenvalue weighted by atomic mass is 10.2. The van der Waals surface area contributed by atoms with E-state index in [0.29, 0.717) is 5.13 Å². The molecule has 0 bridgehead atoms. The Bertz CT molecular complexity index is 611. The number of anilines is 1. The summed E-state index contributed by atoms with van der Waals surface area (Å²) in [6, 6.07) is 9.41. The van der Waals surface area contributed by atoms with Gasteiger partial charge in [0.15, 0.2) is 5.13 Å². The highest BCUT2D eigenvalue weighted by atomic mass is 32.1. The number of hydrazone groups is 1. The third-order valence-electron chi connectivity index (χ3n) is 2.46. The van der Waals surface area contributed by atoms with Crippen LogP contribution in [-0.4, -0.2) is 23.0 Å². The third kappa shape index (κ3) is 5.53. The van der Waals surface area contributed by atoms with Crippen LogP contribution in [0.3, 0.4) is 0 Å². The van der Waals surface area contributed by atoms with Gasteiger partial charge in [-0.15, -0.1) is 11.3 Å². The van der Waals surface area contributed by atoms with Crippen LogP contribution in [0.5, 0.6) is 0 Å². The Kier molecular flexibility index (Phi) is 5.60. The number of nitrogens with one attached hydrogen (secondary N) is 2. The molecule has 0 aliphatic heterocycles. The molecular weight excluding hydrogens is 288 g/mol. The van der Waals surface area contributed by atoms with E-state index in [9.17, 15) is 9.59 Å². The third-order valence-corrected chi connectivity index (χ3v) is 3.15. The van der Waals surface area contributed by atoms with Gasteiger partial charge in [-0.3, -0.25) is 9.59 Å². The summed E-state index contributed by atoms with van der Waals surface area (Å²) in [6.07, 6.45) is 3.31. The molecule has 0 saturated carbocycles. The van der Waals surface area contributed by atoms with Crippen LogP contribution in [0.25, 0.3) is 0 Å². The predicted octanol–water partition coefficient (Wildman–Crippen LogP) is 2.01. The molecule has 21 heavy (non-hydrogen) atoms. The van der Waals surface area contributed by atoms with Crippen molar-refractivity contribution >= 4 is 34.5 Å². The van der Waals surface area contributed by atoms with Gasteiger partial charge in [-0.05, 0) is 5.56 Å². The Hall–Kier alpha value is -2.54. The van der Waals surface area contributed by atoms with Gasteiger partial charge in [0.05, 0.1) is 6.21 Å². The van der Waals surface area contributed by atoms with Crippen molar-refractivity contribution in [1.29, 1.82) is 0 Å². The molecule has 0 unspecified atom stereocenters. The van der Waals surface area contributed by atoms with Crippen molar-refractivity contribution in [3.63, 3.8) is 0 Å². The summed E-state index contributed by atoms with van der Waals surface area (Å²) in [5, 5.41) is 8.73. The van der Waals surface area contributed by atoms with Crippen LogP contribution in [0.4, 0.5) is 5.13 Å². The van der Waals surface area contributed by atoms with E-state index in [4.69, 9.17) is 0 Å². The summed E-state index contributed by atoms with van der Waals surface area (Å²) >= 11 is 1.33. The molecule has 1 aromatic heterocycles. The SMILES string of the molecule is O=C(CCC(=O)Nc1nccs1)N/N=C/c1ccccc1. The number of nitrogens with zero attached hydrogens (tertiary/aromatic N) is 2. The summed E-state index contributed by atoms with van der Waals surface area (Å²) in [6.45, 7) is 0. The van der Waals surface area contributed by atoms with E-state index < -0.39 is 0 Å². The molecule has 0 aliphatic rings. The lowest BCUT2D eigenvalue weighted by molar-refractivity contribution is -0.124. The molecule has 6 nitrogen and oxygen atoms in total. The average Bonchev–Trinajstić information content (AvgIpc) is 2.99. The molecule has 0 radical (unpaired) electrons. The van der Waals surface area contributed by atoms with Gasteiger partial charge >= 0.3 is 0 Å². The first-order valence-corrected chi connectivity index (χ1v) is 7.18. The van der Waals surface area contributed by atoms with E-state index in [0.717, 1.165) is 5.56 Å². The van der Waals surface area contributed by atoms with Crippen molar-refractivity contribution in [2.75, 3.05) is 5.32 Å². The highest BCUT2D eigenvalue weighted by Crippen LogP contribution is 2.10. The minimum Gasteiger partial charge on any atom is -0.302 e. The average molecular weight is 302 g/mol. The number of hydrogen-bond acceptors (Lipinski definition) is 5. The zero-order chi connectivity index (χ0) is 14.9. The van der Waals surface area contributed by atoms with E-state index in [2.05, 4.69) is 20.8 Å². The number of aromatic nitrogens is 1. The maximum absolute atomic E-state index is 11.5. The van der Waals surface area contributed by atoms with E-state index in [1.165, 1.54) is 11.3 Å². The van der Waals surface area contributed by atoms with E-state index in [-0.39, 0.29) is 24.7 Å². The molecule has 7 heteroatoms. The van der Waals surface area contributed by atoms with Gasteiger partial charge in [-0.2, -0.15) is 5.10 Å². The van der Waals surface area contributed by atoms with Crippen molar-refractivity contribution in [2.45, 2.75) is 12.8 Å².